The van der Waals surface area contributed by atoms with Crippen LogP contribution in [0.1, 0.15) is 32.3 Å². The number of rotatable bonds is 6. The molecule has 0 amide bonds. The molecular formula is C17H21NO. The molecular weight excluding hydrogens is 234 g/mol. The molecule has 0 spiro atoms. The summed E-state index contributed by atoms with van der Waals surface area (Å²) in [5.74, 6) is 0.924. The molecule has 0 unspecified atom stereocenters. The topological polar surface area (TPSA) is 22.1 Å². The minimum absolute atomic E-state index is 0.767. The molecule has 0 radical (unpaired) electrons. The van der Waals surface area contributed by atoms with E-state index < -0.39 is 0 Å². The summed E-state index contributed by atoms with van der Waals surface area (Å²) in [4.78, 5) is 4.52. The monoisotopic (exact) mass is 255 g/mol. The molecule has 0 saturated heterocycles. The van der Waals surface area contributed by atoms with Crippen LogP contribution in [0.25, 0.3) is 11.3 Å². The van der Waals surface area contributed by atoms with E-state index in [1.54, 1.807) is 0 Å². The van der Waals surface area contributed by atoms with Crippen molar-refractivity contribution in [2.24, 2.45) is 0 Å². The second kappa shape index (κ2) is 6.93. The molecule has 1 aromatic carbocycles. The van der Waals surface area contributed by atoms with Gasteiger partial charge in [0.15, 0.2) is 0 Å². The number of aromatic nitrogens is 1. The third kappa shape index (κ3) is 3.82. The molecule has 2 nitrogen and oxygen atoms in total. The van der Waals surface area contributed by atoms with Crippen LogP contribution < -0.4 is 4.74 Å². The summed E-state index contributed by atoms with van der Waals surface area (Å²) in [7, 11) is 0. The first-order valence-electron chi connectivity index (χ1n) is 7.01. The predicted molar refractivity (Wildman–Crippen MR) is 79.5 cm³/mol. The Morgan fingerprint density at radius 2 is 1.74 bits per heavy atom. The van der Waals surface area contributed by atoms with Crippen LogP contribution in [-0.4, -0.2) is 11.6 Å². The molecule has 2 heteroatoms. The van der Waals surface area contributed by atoms with Crippen molar-refractivity contribution >= 4 is 0 Å². The lowest BCUT2D eigenvalue weighted by molar-refractivity contribution is 0.317. The fraction of sp³-hybridized carbons (Fsp3) is 0.353. The molecule has 0 aliphatic rings. The highest BCUT2D eigenvalue weighted by Crippen LogP contribution is 2.21. The van der Waals surface area contributed by atoms with Gasteiger partial charge in [0.25, 0.3) is 0 Å². The van der Waals surface area contributed by atoms with Gasteiger partial charge in [0, 0.05) is 11.8 Å². The van der Waals surface area contributed by atoms with Crippen molar-refractivity contribution in [2.75, 3.05) is 6.61 Å². The van der Waals surface area contributed by atoms with Crippen LogP contribution in [0.5, 0.6) is 5.75 Å². The van der Waals surface area contributed by atoms with E-state index >= 15 is 0 Å². The molecule has 0 aliphatic heterocycles. The number of pyridine rings is 1. The van der Waals surface area contributed by atoms with Gasteiger partial charge in [-0.2, -0.15) is 0 Å². The number of ether oxygens (including phenoxy) is 1. The number of nitrogens with zero attached hydrogens (tertiary/aromatic N) is 1. The maximum atomic E-state index is 5.58. The molecule has 1 heterocycles. The first kappa shape index (κ1) is 13.6. The largest absolute Gasteiger partial charge is 0.494 e. The minimum atomic E-state index is 0.767. The van der Waals surface area contributed by atoms with E-state index in [9.17, 15) is 0 Å². The summed E-state index contributed by atoms with van der Waals surface area (Å²) in [6.45, 7) is 5.06. The van der Waals surface area contributed by atoms with Crippen molar-refractivity contribution in [3.63, 3.8) is 0 Å². The molecule has 0 fully saturated rings. The Bertz CT molecular complexity index is 488. The van der Waals surface area contributed by atoms with Gasteiger partial charge in [-0.3, -0.25) is 4.98 Å². The zero-order valence-electron chi connectivity index (χ0n) is 11.7. The van der Waals surface area contributed by atoms with Gasteiger partial charge in [0.05, 0.1) is 12.3 Å². The number of benzene rings is 1. The molecule has 2 rings (SSSR count). The SMILES string of the molecule is CCCOc1ccc(-c2ccc(CCC)cn2)cc1. The predicted octanol–water partition coefficient (Wildman–Crippen LogP) is 4.49. The van der Waals surface area contributed by atoms with Crippen LogP contribution in [0.3, 0.4) is 0 Å². The summed E-state index contributed by atoms with van der Waals surface area (Å²) in [5, 5.41) is 0. The highest BCUT2D eigenvalue weighted by atomic mass is 16.5. The molecule has 2 aromatic rings. The van der Waals surface area contributed by atoms with Gasteiger partial charge >= 0.3 is 0 Å². The molecule has 19 heavy (non-hydrogen) atoms. The summed E-state index contributed by atoms with van der Waals surface area (Å²) in [5.41, 5.74) is 3.45. The third-order valence-corrected chi connectivity index (χ3v) is 2.99. The zero-order valence-corrected chi connectivity index (χ0v) is 11.7. The minimum Gasteiger partial charge on any atom is -0.494 e. The number of hydrogen-bond acceptors (Lipinski definition) is 2. The maximum absolute atomic E-state index is 5.58. The van der Waals surface area contributed by atoms with E-state index in [0.29, 0.717) is 0 Å². The van der Waals surface area contributed by atoms with Crippen molar-refractivity contribution in [3.8, 4) is 17.0 Å². The first-order chi connectivity index (χ1) is 9.33. The van der Waals surface area contributed by atoms with Crippen LogP contribution in [0, 0.1) is 0 Å². The molecule has 0 bridgehead atoms. The fourth-order valence-electron chi connectivity index (χ4n) is 1.97. The summed E-state index contributed by atoms with van der Waals surface area (Å²) >= 11 is 0. The first-order valence-corrected chi connectivity index (χ1v) is 7.01. The summed E-state index contributed by atoms with van der Waals surface area (Å²) in [6.07, 6.45) is 5.25. The zero-order chi connectivity index (χ0) is 13.5. The number of aryl methyl sites for hydroxylation is 1. The normalized spacial score (nSPS) is 10.4. The molecule has 0 saturated carbocycles. The van der Waals surface area contributed by atoms with Gasteiger partial charge in [-0.1, -0.05) is 26.3 Å². The Kier molecular flexibility index (Phi) is 4.96. The van der Waals surface area contributed by atoms with Crippen molar-refractivity contribution in [2.45, 2.75) is 33.1 Å². The van der Waals surface area contributed by atoms with Crippen LogP contribution in [-0.2, 0) is 6.42 Å². The summed E-state index contributed by atoms with van der Waals surface area (Å²) < 4.78 is 5.58. The van der Waals surface area contributed by atoms with Gasteiger partial charge < -0.3 is 4.74 Å². The molecule has 0 N–H and O–H groups in total. The molecule has 0 aliphatic carbocycles. The van der Waals surface area contributed by atoms with Gasteiger partial charge in [0.2, 0.25) is 0 Å². The average molecular weight is 255 g/mol. The van der Waals surface area contributed by atoms with E-state index in [4.69, 9.17) is 4.74 Å². The van der Waals surface area contributed by atoms with Gasteiger partial charge in [-0.25, -0.2) is 0 Å². The average Bonchev–Trinajstić information content (AvgIpc) is 2.47. The third-order valence-electron chi connectivity index (χ3n) is 2.99. The lowest BCUT2D eigenvalue weighted by Crippen LogP contribution is -1.94. The van der Waals surface area contributed by atoms with Crippen molar-refractivity contribution in [1.29, 1.82) is 0 Å². The Labute approximate surface area is 115 Å². The second-order valence-corrected chi connectivity index (χ2v) is 4.67. The van der Waals surface area contributed by atoms with E-state index in [0.717, 1.165) is 42.9 Å². The second-order valence-electron chi connectivity index (χ2n) is 4.67. The summed E-state index contributed by atoms with van der Waals surface area (Å²) in [6, 6.07) is 12.4. The van der Waals surface area contributed by atoms with E-state index in [-0.39, 0.29) is 0 Å². The Hall–Kier alpha value is -1.83. The van der Waals surface area contributed by atoms with Gasteiger partial charge in [-0.15, -0.1) is 0 Å². The Morgan fingerprint density at radius 3 is 2.32 bits per heavy atom. The van der Waals surface area contributed by atoms with Crippen LogP contribution in [0.15, 0.2) is 42.6 Å². The van der Waals surface area contributed by atoms with Crippen molar-refractivity contribution in [1.82, 2.24) is 4.98 Å². The van der Waals surface area contributed by atoms with Crippen LogP contribution >= 0.6 is 0 Å². The van der Waals surface area contributed by atoms with Gasteiger partial charge in [-0.05, 0) is 48.7 Å². The van der Waals surface area contributed by atoms with E-state index in [2.05, 4.69) is 43.1 Å². The fourth-order valence-corrected chi connectivity index (χ4v) is 1.97. The van der Waals surface area contributed by atoms with Crippen molar-refractivity contribution in [3.05, 3.63) is 48.2 Å². The van der Waals surface area contributed by atoms with E-state index in [1.165, 1.54) is 5.56 Å². The molecule has 100 valence electrons. The van der Waals surface area contributed by atoms with Crippen LogP contribution in [0.2, 0.25) is 0 Å². The maximum Gasteiger partial charge on any atom is 0.119 e. The van der Waals surface area contributed by atoms with E-state index in [1.807, 2.05) is 18.3 Å². The molecule has 0 atom stereocenters. The Balaban J connectivity index is 2.08. The highest BCUT2D eigenvalue weighted by molar-refractivity contribution is 5.60. The quantitative estimate of drug-likeness (QED) is 0.758. The van der Waals surface area contributed by atoms with Gasteiger partial charge in [0.1, 0.15) is 5.75 Å². The Morgan fingerprint density at radius 1 is 0.947 bits per heavy atom. The lowest BCUT2D eigenvalue weighted by Gasteiger charge is -2.06. The van der Waals surface area contributed by atoms with Crippen molar-refractivity contribution < 1.29 is 4.74 Å². The van der Waals surface area contributed by atoms with Crippen LogP contribution in [0.4, 0.5) is 0 Å². The molecule has 1 aromatic heterocycles. The smallest absolute Gasteiger partial charge is 0.119 e. The highest BCUT2D eigenvalue weighted by Gasteiger charge is 2.00. The standard InChI is InChI=1S/C17H21NO/c1-3-5-14-6-11-17(18-13-14)15-7-9-16(10-8-15)19-12-4-2/h6-11,13H,3-5,12H2,1-2H3. The number of hydrogen-bond donors (Lipinski definition) is 0. The lowest BCUT2D eigenvalue weighted by atomic mass is 10.1.